The van der Waals surface area contributed by atoms with Gasteiger partial charge in [-0.1, -0.05) is 12.8 Å². The Kier molecular flexibility index (Phi) is 1.72. The molecule has 0 N–H and O–H groups in total. The van der Waals surface area contributed by atoms with Crippen LogP contribution in [0.1, 0.15) is 61.0 Å². The molecule has 1 aromatic heterocycles. The van der Waals surface area contributed by atoms with Crippen molar-refractivity contribution in [3.8, 4) is 0 Å². The van der Waals surface area contributed by atoms with Crippen molar-refractivity contribution < 1.29 is 4.79 Å². The first-order valence-corrected chi connectivity index (χ1v) is 6.76. The predicted octanol–water partition coefficient (Wildman–Crippen LogP) is 3.26. The van der Waals surface area contributed by atoms with Crippen LogP contribution >= 0.6 is 0 Å². The lowest BCUT2D eigenvalue weighted by Crippen LogP contribution is -2.60. The van der Waals surface area contributed by atoms with Crippen molar-refractivity contribution in [1.29, 1.82) is 0 Å². The van der Waals surface area contributed by atoms with Crippen molar-refractivity contribution >= 4 is 5.78 Å². The maximum atomic E-state index is 12.3. The van der Waals surface area contributed by atoms with Crippen LogP contribution in [0.5, 0.6) is 0 Å². The van der Waals surface area contributed by atoms with Crippen molar-refractivity contribution in [2.24, 2.45) is 5.41 Å². The normalized spacial score (nSPS) is 38.7. The van der Waals surface area contributed by atoms with Crippen LogP contribution in [-0.4, -0.2) is 10.8 Å². The summed E-state index contributed by atoms with van der Waals surface area (Å²) in [6.07, 6.45) is 10.3. The lowest BCUT2D eigenvalue weighted by atomic mass is 9.39. The van der Waals surface area contributed by atoms with Gasteiger partial charge >= 0.3 is 0 Å². The fourth-order valence-corrected chi connectivity index (χ4v) is 4.67. The van der Waals surface area contributed by atoms with Crippen molar-refractivity contribution in [3.63, 3.8) is 0 Å². The molecule has 0 spiro atoms. The first kappa shape index (κ1) is 9.81. The van der Waals surface area contributed by atoms with E-state index in [0.717, 1.165) is 17.7 Å². The second kappa shape index (κ2) is 2.98. The number of fused-ring (bicyclic) bond motifs is 1. The highest BCUT2D eigenvalue weighted by atomic mass is 16.1. The number of ketones is 1. The highest BCUT2D eigenvalue weighted by Gasteiger charge is 2.64. The Hall–Kier alpha value is -1.18. The van der Waals surface area contributed by atoms with Gasteiger partial charge in [-0.3, -0.25) is 9.78 Å². The van der Waals surface area contributed by atoms with Gasteiger partial charge in [0.25, 0.3) is 0 Å². The summed E-state index contributed by atoms with van der Waals surface area (Å²) in [7, 11) is 0. The lowest BCUT2D eigenvalue weighted by Gasteiger charge is -2.64. The molecule has 17 heavy (non-hydrogen) atoms. The zero-order valence-electron chi connectivity index (χ0n) is 10.0. The minimum Gasteiger partial charge on any atom is -0.294 e. The minimum absolute atomic E-state index is 0.274. The molecule has 0 aliphatic heterocycles. The molecule has 4 rings (SSSR count). The number of Topliss-reactive ketones (excluding diaryl/α,β-unsaturated/α-hetero) is 1. The van der Waals surface area contributed by atoms with Gasteiger partial charge in [0.05, 0.1) is 5.69 Å². The second-order valence-electron chi connectivity index (χ2n) is 6.07. The average Bonchev–Trinajstić information content (AvgIpc) is 2.34. The smallest absolute Gasteiger partial charge is 0.165 e. The molecule has 0 radical (unpaired) electrons. The Balaban J connectivity index is 1.96. The third-order valence-corrected chi connectivity index (χ3v) is 5.61. The number of hydrogen-bond acceptors (Lipinski definition) is 2. The molecule has 2 unspecified atom stereocenters. The Morgan fingerprint density at radius 1 is 1.12 bits per heavy atom. The Morgan fingerprint density at radius 3 is 2.82 bits per heavy atom. The summed E-state index contributed by atoms with van der Waals surface area (Å²) in [4.78, 5) is 16.9. The Labute approximate surface area is 101 Å². The largest absolute Gasteiger partial charge is 0.294 e. The number of aromatic nitrogens is 1. The SMILES string of the molecule is O=C1CC23CCCCC2(CC3)c2ncccc21. The van der Waals surface area contributed by atoms with Gasteiger partial charge in [0, 0.05) is 23.6 Å². The van der Waals surface area contributed by atoms with E-state index in [2.05, 4.69) is 4.98 Å². The second-order valence-corrected chi connectivity index (χ2v) is 6.07. The zero-order chi connectivity index (χ0) is 11.5. The van der Waals surface area contributed by atoms with Crippen LogP contribution in [0.4, 0.5) is 0 Å². The number of pyridine rings is 1. The first-order chi connectivity index (χ1) is 8.28. The standard InChI is InChI=1S/C15H17NO/c17-12-10-14-5-1-2-6-15(14,8-7-14)13-11(12)4-3-9-16-13/h3-4,9H,1-2,5-8,10H2. The fraction of sp³-hybridized carbons (Fsp3) is 0.600. The van der Waals surface area contributed by atoms with E-state index in [-0.39, 0.29) is 5.41 Å². The topological polar surface area (TPSA) is 30.0 Å². The molecule has 0 aromatic carbocycles. The molecule has 1 heterocycles. The van der Waals surface area contributed by atoms with E-state index in [0.29, 0.717) is 11.2 Å². The Bertz CT molecular complexity index is 509. The lowest BCUT2D eigenvalue weighted by molar-refractivity contribution is -0.0605. The van der Waals surface area contributed by atoms with Crippen LogP contribution in [0.15, 0.2) is 18.3 Å². The molecule has 0 saturated heterocycles. The van der Waals surface area contributed by atoms with E-state index in [1.807, 2.05) is 18.3 Å². The summed E-state index contributed by atoms with van der Waals surface area (Å²) >= 11 is 0. The minimum atomic E-state index is 0.274. The van der Waals surface area contributed by atoms with Crippen molar-refractivity contribution in [2.75, 3.05) is 0 Å². The van der Waals surface area contributed by atoms with Crippen molar-refractivity contribution in [3.05, 3.63) is 29.6 Å². The van der Waals surface area contributed by atoms with Gasteiger partial charge in [0.2, 0.25) is 0 Å². The molecule has 2 nitrogen and oxygen atoms in total. The van der Waals surface area contributed by atoms with Crippen LogP contribution in [0, 0.1) is 5.41 Å². The molecule has 88 valence electrons. The summed E-state index contributed by atoms with van der Waals surface area (Å²) in [6.45, 7) is 0. The van der Waals surface area contributed by atoms with E-state index in [1.165, 1.54) is 38.5 Å². The molecule has 2 saturated carbocycles. The quantitative estimate of drug-likeness (QED) is 0.681. The first-order valence-electron chi connectivity index (χ1n) is 6.76. The monoisotopic (exact) mass is 227 g/mol. The van der Waals surface area contributed by atoms with Crippen LogP contribution in [0.3, 0.4) is 0 Å². The highest BCUT2D eigenvalue weighted by Crippen LogP contribution is 2.68. The van der Waals surface area contributed by atoms with Gasteiger partial charge < -0.3 is 0 Å². The summed E-state index contributed by atoms with van der Waals surface area (Å²) in [5.74, 6) is 0.338. The van der Waals surface area contributed by atoms with Crippen LogP contribution in [0.2, 0.25) is 0 Å². The maximum Gasteiger partial charge on any atom is 0.165 e. The molecule has 2 heteroatoms. The van der Waals surface area contributed by atoms with E-state index >= 15 is 0 Å². The summed E-state index contributed by atoms with van der Waals surface area (Å²) in [5, 5.41) is 0. The molecular weight excluding hydrogens is 210 g/mol. The van der Waals surface area contributed by atoms with E-state index in [1.54, 1.807) is 0 Å². The van der Waals surface area contributed by atoms with Gasteiger partial charge in [0.1, 0.15) is 0 Å². The molecule has 3 aliphatic rings. The average molecular weight is 227 g/mol. The predicted molar refractivity (Wildman–Crippen MR) is 65.0 cm³/mol. The third-order valence-electron chi connectivity index (χ3n) is 5.61. The van der Waals surface area contributed by atoms with Crippen molar-refractivity contribution in [1.82, 2.24) is 4.98 Å². The molecule has 0 amide bonds. The molecule has 2 atom stereocenters. The third kappa shape index (κ3) is 0.981. The fourth-order valence-electron chi connectivity index (χ4n) is 4.67. The van der Waals surface area contributed by atoms with Gasteiger partial charge in [-0.25, -0.2) is 0 Å². The van der Waals surface area contributed by atoms with Crippen LogP contribution in [0.25, 0.3) is 0 Å². The highest BCUT2D eigenvalue weighted by molar-refractivity contribution is 5.99. The Morgan fingerprint density at radius 2 is 2.00 bits per heavy atom. The molecular formula is C15H17NO. The number of carbonyl (C=O) groups excluding carboxylic acids is 1. The van der Waals surface area contributed by atoms with Gasteiger partial charge in [-0.05, 0) is 43.2 Å². The summed E-state index contributed by atoms with van der Waals surface area (Å²) in [5.41, 5.74) is 2.63. The summed E-state index contributed by atoms with van der Waals surface area (Å²) < 4.78 is 0. The molecule has 2 fully saturated rings. The number of hydrogen-bond donors (Lipinski definition) is 0. The van der Waals surface area contributed by atoms with Crippen LogP contribution in [-0.2, 0) is 5.41 Å². The molecule has 1 aromatic rings. The van der Waals surface area contributed by atoms with Crippen molar-refractivity contribution in [2.45, 2.75) is 50.4 Å². The van der Waals surface area contributed by atoms with Crippen LogP contribution < -0.4 is 0 Å². The number of carbonyl (C=O) groups is 1. The van der Waals surface area contributed by atoms with E-state index in [9.17, 15) is 4.79 Å². The molecule has 3 aliphatic carbocycles. The number of nitrogens with zero attached hydrogens (tertiary/aromatic N) is 1. The molecule has 0 bridgehead atoms. The summed E-state index contributed by atoms with van der Waals surface area (Å²) in [6, 6.07) is 3.89. The van der Waals surface area contributed by atoms with Gasteiger partial charge in [-0.15, -0.1) is 0 Å². The van der Waals surface area contributed by atoms with Gasteiger partial charge in [0.15, 0.2) is 5.78 Å². The van der Waals surface area contributed by atoms with E-state index < -0.39 is 0 Å². The van der Waals surface area contributed by atoms with Gasteiger partial charge in [-0.2, -0.15) is 0 Å². The maximum absolute atomic E-state index is 12.3. The van der Waals surface area contributed by atoms with E-state index in [4.69, 9.17) is 0 Å². The zero-order valence-corrected chi connectivity index (χ0v) is 10.0. The number of rotatable bonds is 0.